The van der Waals surface area contributed by atoms with Crippen molar-refractivity contribution in [3.8, 4) is 5.75 Å². The summed E-state index contributed by atoms with van der Waals surface area (Å²) in [6.07, 6.45) is 1.54. The minimum atomic E-state index is -0.510. The first kappa shape index (κ1) is 22.0. The molecule has 154 valence electrons. The molecule has 0 unspecified atom stereocenters. The maximum Gasteiger partial charge on any atom is 0.273 e. The van der Waals surface area contributed by atoms with Gasteiger partial charge >= 0.3 is 0 Å². The second-order valence-electron chi connectivity index (χ2n) is 6.44. The third-order valence-corrected chi connectivity index (χ3v) is 4.72. The topological polar surface area (TPSA) is 97.1 Å². The van der Waals surface area contributed by atoms with Gasteiger partial charge in [0.15, 0.2) is 0 Å². The minimum absolute atomic E-state index is 0.0992. The molecule has 1 N–H and O–H groups in total. The van der Waals surface area contributed by atoms with Crippen molar-refractivity contribution in [3.05, 3.63) is 68.8 Å². The molecule has 29 heavy (non-hydrogen) atoms. The minimum Gasteiger partial charge on any atom is -0.496 e. The lowest BCUT2D eigenvalue weighted by atomic mass is 10.1. The summed E-state index contributed by atoms with van der Waals surface area (Å²) in [4.78, 5) is 25.1. The quantitative estimate of drug-likeness (QED) is 0.396. The van der Waals surface area contributed by atoms with Gasteiger partial charge in [-0.25, -0.2) is 5.43 Å². The van der Waals surface area contributed by atoms with E-state index in [1.54, 1.807) is 14.0 Å². The fourth-order valence-electron chi connectivity index (χ4n) is 2.98. The second kappa shape index (κ2) is 10.3. The average Bonchev–Trinajstić information content (AvgIpc) is 2.71. The van der Waals surface area contributed by atoms with Crippen LogP contribution >= 0.6 is 0 Å². The van der Waals surface area contributed by atoms with Crippen LogP contribution in [-0.4, -0.2) is 42.1 Å². The molecule has 0 bridgehead atoms. The maximum atomic E-state index is 12.3. The number of hydrazone groups is 1. The first-order valence-electron chi connectivity index (χ1n) is 9.37. The molecule has 0 aliphatic carbocycles. The Bertz CT molecular complexity index is 908. The van der Waals surface area contributed by atoms with Gasteiger partial charge < -0.3 is 4.74 Å². The number of carbonyl (C=O) groups excluding carboxylic acids is 1. The number of hydrogen-bond acceptors (Lipinski definition) is 6. The third kappa shape index (κ3) is 5.61. The summed E-state index contributed by atoms with van der Waals surface area (Å²) in [5, 5.41) is 15.0. The number of amides is 1. The van der Waals surface area contributed by atoms with E-state index in [0.29, 0.717) is 5.56 Å². The molecule has 0 aliphatic rings. The van der Waals surface area contributed by atoms with E-state index in [1.807, 2.05) is 18.2 Å². The molecule has 0 saturated heterocycles. The van der Waals surface area contributed by atoms with Gasteiger partial charge in [0.1, 0.15) is 5.75 Å². The molecule has 0 aliphatic heterocycles. The van der Waals surface area contributed by atoms with Crippen LogP contribution in [-0.2, 0) is 6.54 Å². The van der Waals surface area contributed by atoms with E-state index in [4.69, 9.17) is 4.74 Å². The monoisotopic (exact) mass is 398 g/mol. The van der Waals surface area contributed by atoms with Crippen molar-refractivity contribution in [1.82, 2.24) is 10.3 Å². The lowest BCUT2D eigenvalue weighted by Gasteiger charge is -2.19. The highest BCUT2D eigenvalue weighted by molar-refractivity contribution is 5.97. The van der Waals surface area contributed by atoms with E-state index >= 15 is 0 Å². The van der Waals surface area contributed by atoms with Crippen LogP contribution in [0.3, 0.4) is 0 Å². The van der Waals surface area contributed by atoms with Crippen LogP contribution in [0.5, 0.6) is 5.75 Å². The summed E-state index contributed by atoms with van der Waals surface area (Å²) < 4.78 is 5.44. The first-order chi connectivity index (χ1) is 13.9. The Balaban J connectivity index is 2.15. The van der Waals surface area contributed by atoms with Gasteiger partial charge in [-0.15, -0.1) is 0 Å². The number of carbonyl (C=O) groups is 1. The Kier molecular flexibility index (Phi) is 7.85. The van der Waals surface area contributed by atoms with Crippen molar-refractivity contribution in [3.63, 3.8) is 0 Å². The smallest absolute Gasteiger partial charge is 0.273 e. The molecular weight excluding hydrogens is 372 g/mol. The van der Waals surface area contributed by atoms with E-state index in [-0.39, 0.29) is 11.3 Å². The first-order valence-corrected chi connectivity index (χ1v) is 9.37. The van der Waals surface area contributed by atoms with Gasteiger partial charge in [0.25, 0.3) is 11.6 Å². The number of methoxy groups -OCH3 is 1. The van der Waals surface area contributed by atoms with Gasteiger partial charge in [-0.05, 0) is 49.8 Å². The fraction of sp³-hybridized carbons (Fsp3) is 0.333. The Morgan fingerprint density at radius 2 is 2.00 bits per heavy atom. The average molecular weight is 398 g/mol. The number of nitro groups is 1. The predicted octanol–water partition coefficient (Wildman–Crippen LogP) is 3.52. The van der Waals surface area contributed by atoms with Crippen LogP contribution in [0.25, 0.3) is 0 Å². The zero-order valence-electron chi connectivity index (χ0n) is 17.1. The fourth-order valence-corrected chi connectivity index (χ4v) is 2.98. The van der Waals surface area contributed by atoms with Crippen LogP contribution in [0.1, 0.15) is 40.9 Å². The molecule has 2 aromatic rings. The van der Waals surface area contributed by atoms with Gasteiger partial charge in [0.2, 0.25) is 0 Å². The molecule has 0 saturated carbocycles. The van der Waals surface area contributed by atoms with E-state index < -0.39 is 10.8 Å². The molecule has 0 atom stereocenters. The standard InChI is InChI=1S/C21H26N4O4/c1-5-24(6-2)14-17-12-16(10-11-20(17)29-4)13-22-23-21(26)18-8-7-9-19(15(18)3)25(27)28/h7-13H,5-6,14H2,1-4H3,(H,23,26)/b22-13+. The molecule has 8 heteroatoms. The van der Waals surface area contributed by atoms with E-state index in [2.05, 4.69) is 29.3 Å². The maximum absolute atomic E-state index is 12.3. The predicted molar refractivity (Wildman–Crippen MR) is 113 cm³/mol. The van der Waals surface area contributed by atoms with E-state index in [1.165, 1.54) is 24.4 Å². The highest BCUT2D eigenvalue weighted by Gasteiger charge is 2.17. The largest absolute Gasteiger partial charge is 0.496 e. The molecule has 1 amide bonds. The summed E-state index contributed by atoms with van der Waals surface area (Å²) >= 11 is 0. The lowest BCUT2D eigenvalue weighted by Crippen LogP contribution is -2.22. The zero-order valence-corrected chi connectivity index (χ0v) is 17.1. The molecule has 0 radical (unpaired) electrons. The summed E-state index contributed by atoms with van der Waals surface area (Å²) in [6, 6.07) is 10.1. The normalized spacial score (nSPS) is 11.1. The summed E-state index contributed by atoms with van der Waals surface area (Å²) in [5.74, 6) is 0.296. The molecule has 8 nitrogen and oxygen atoms in total. The van der Waals surface area contributed by atoms with Crippen molar-refractivity contribution in [2.24, 2.45) is 5.10 Å². The van der Waals surface area contributed by atoms with Crippen molar-refractivity contribution < 1.29 is 14.5 Å². The van der Waals surface area contributed by atoms with Crippen LogP contribution in [0.15, 0.2) is 41.5 Å². The van der Waals surface area contributed by atoms with Crippen LogP contribution in [0.4, 0.5) is 5.69 Å². The number of hydrogen-bond donors (Lipinski definition) is 1. The van der Waals surface area contributed by atoms with Crippen molar-refractivity contribution >= 4 is 17.8 Å². The Labute approximate surface area is 170 Å². The van der Waals surface area contributed by atoms with Gasteiger partial charge in [-0.2, -0.15) is 5.10 Å². The Morgan fingerprint density at radius 1 is 1.28 bits per heavy atom. The Hall–Kier alpha value is -3.26. The highest BCUT2D eigenvalue weighted by atomic mass is 16.6. The lowest BCUT2D eigenvalue weighted by molar-refractivity contribution is -0.385. The number of ether oxygens (including phenoxy) is 1. The molecule has 2 rings (SSSR count). The number of nitrogens with zero attached hydrogens (tertiary/aromatic N) is 3. The molecular formula is C21H26N4O4. The highest BCUT2D eigenvalue weighted by Crippen LogP contribution is 2.22. The van der Waals surface area contributed by atoms with E-state index in [0.717, 1.165) is 36.5 Å². The van der Waals surface area contributed by atoms with Crippen molar-refractivity contribution in [2.75, 3.05) is 20.2 Å². The molecule has 0 spiro atoms. The van der Waals surface area contributed by atoms with Gasteiger partial charge in [-0.1, -0.05) is 19.9 Å². The van der Waals surface area contributed by atoms with Gasteiger partial charge in [0.05, 0.1) is 23.8 Å². The number of nitro benzene ring substituents is 1. The van der Waals surface area contributed by atoms with Crippen LogP contribution in [0.2, 0.25) is 0 Å². The van der Waals surface area contributed by atoms with Crippen LogP contribution < -0.4 is 10.2 Å². The van der Waals surface area contributed by atoms with Gasteiger partial charge in [0, 0.05) is 23.7 Å². The molecule has 0 fully saturated rings. The second-order valence-corrected chi connectivity index (χ2v) is 6.44. The molecule has 0 heterocycles. The Morgan fingerprint density at radius 3 is 2.62 bits per heavy atom. The number of nitrogens with one attached hydrogen (secondary N) is 1. The van der Waals surface area contributed by atoms with Crippen molar-refractivity contribution in [1.29, 1.82) is 0 Å². The third-order valence-electron chi connectivity index (χ3n) is 4.72. The number of benzene rings is 2. The van der Waals surface area contributed by atoms with Crippen molar-refractivity contribution in [2.45, 2.75) is 27.3 Å². The van der Waals surface area contributed by atoms with Crippen LogP contribution in [0, 0.1) is 17.0 Å². The van der Waals surface area contributed by atoms with Gasteiger partial charge in [-0.3, -0.25) is 19.8 Å². The summed E-state index contributed by atoms with van der Waals surface area (Å²) in [7, 11) is 1.64. The van der Waals surface area contributed by atoms with E-state index in [9.17, 15) is 14.9 Å². The number of rotatable bonds is 9. The summed E-state index contributed by atoms with van der Waals surface area (Å²) in [5.41, 5.74) is 4.69. The summed E-state index contributed by atoms with van der Waals surface area (Å²) in [6.45, 7) is 8.35. The molecule has 0 aromatic heterocycles. The SMILES string of the molecule is CCN(CC)Cc1cc(/C=N/NC(=O)c2cccc([N+](=O)[O-])c2C)ccc1OC. The molecule has 2 aromatic carbocycles. The zero-order chi connectivity index (χ0) is 21.4.